The number of nitriles is 1. The smallest absolute Gasteiger partial charge is 0.237 e. The van der Waals surface area contributed by atoms with Crippen molar-refractivity contribution in [2.75, 3.05) is 12.3 Å². The molecule has 0 unspecified atom stereocenters. The molecule has 1 heterocycles. The molecular weight excluding hydrogens is 166 g/mol. The lowest BCUT2D eigenvalue weighted by atomic mass is 10.3. The minimum atomic E-state index is 0.404. The first kappa shape index (κ1) is 9.33. The molecule has 4 nitrogen and oxygen atoms in total. The number of rotatable bonds is 3. The maximum Gasteiger partial charge on any atom is 0.237 e. The summed E-state index contributed by atoms with van der Waals surface area (Å²) < 4.78 is 5.24. The lowest BCUT2D eigenvalue weighted by Crippen LogP contribution is -2.01. The zero-order valence-electron chi connectivity index (χ0n) is 7.45. The summed E-state index contributed by atoms with van der Waals surface area (Å²) in [5.41, 5.74) is 6.45. The van der Waals surface area contributed by atoms with Gasteiger partial charge in [0.1, 0.15) is 6.07 Å². The van der Waals surface area contributed by atoms with Gasteiger partial charge in [0.25, 0.3) is 0 Å². The molecule has 0 atom stereocenters. The van der Waals surface area contributed by atoms with Gasteiger partial charge in [0.2, 0.25) is 5.88 Å². The van der Waals surface area contributed by atoms with Crippen LogP contribution in [0.1, 0.15) is 18.9 Å². The first-order valence-corrected chi connectivity index (χ1v) is 4.06. The van der Waals surface area contributed by atoms with Gasteiger partial charge < -0.3 is 10.5 Å². The Morgan fingerprint density at radius 3 is 3.00 bits per heavy atom. The fourth-order valence-electron chi connectivity index (χ4n) is 0.850. The molecule has 0 saturated carbocycles. The van der Waals surface area contributed by atoms with Crippen molar-refractivity contribution in [1.82, 2.24) is 4.98 Å². The normalized spacial score (nSPS) is 9.23. The number of ether oxygens (including phenoxy) is 1. The molecule has 1 aromatic rings. The quantitative estimate of drug-likeness (QED) is 0.755. The van der Waals surface area contributed by atoms with E-state index in [2.05, 4.69) is 4.98 Å². The Hall–Kier alpha value is -1.76. The van der Waals surface area contributed by atoms with Crippen molar-refractivity contribution in [3.63, 3.8) is 0 Å². The topological polar surface area (TPSA) is 71.9 Å². The third kappa shape index (κ3) is 2.34. The molecule has 0 aromatic carbocycles. The maximum absolute atomic E-state index is 8.54. The number of nitrogens with zero attached hydrogens (tertiary/aromatic N) is 2. The van der Waals surface area contributed by atoms with Crippen LogP contribution < -0.4 is 10.5 Å². The summed E-state index contributed by atoms with van der Waals surface area (Å²) in [7, 11) is 0. The number of nitrogens with two attached hydrogens (primary N) is 1. The van der Waals surface area contributed by atoms with E-state index in [0.717, 1.165) is 6.42 Å². The number of pyridine rings is 1. The van der Waals surface area contributed by atoms with Crippen LogP contribution in [0.4, 0.5) is 5.69 Å². The van der Waals surface area contributed by atoms with E-state index in [9.17, 15) is 0 Å². The molecule has 1 rings (SSSR count). The van der Waals surface area contributed by atoms with Gasteiger partial charge in [0, 0.05) is 6.20 Å². The van der Waals surface area contributed by atoms with E-state index in [1.807, 2.05) is 13.0 Å². The fraction of sp³-hybridized carbons (Fsp3) is 0.333. The molecule has 13 heavy (non-hydrogen) atoms. The van der Waals surface area contributed by atoms with Gasteiger partial charge in [0.15, 0.2) is 0 Å². The number of nitrogen functional groups attached to an aromatic ring is 1. The van der Waals surface area contributed by atoms with Crippen LogP contribution in [-0.4, -0.2) is 11.6 Å². The molecule has 0 aliphatic carbocycles. The minimum Gasteiger partial charge on any atom is -0.476 e. The van der Waals surface area contributed by atoms with Gasteiger partial charge in [-0.05, 0) is 12.5 Å². The van der Waals surface area contributed by atoms with Crippen molar-refractivity contribution >= 4 is 5.69 Å². The Labute approximate surface area is 77.0 Å². The summed E-state index contributed by atoms with van der Waals surface area (Å²) >= 11 is 0. The molecule has 1 aromatic heterocycles. The summed E-state index contributed by atoms with van der Waals surface area (Å²) in [4.78, 5) is 3.92. The Bertz CT molecular complexity index is 330. The van der Waals surface area contributed by atoms with Crippen molar-refractivity contribution in [3.05, 3.63) is 17.8 Å². The Morgan fingerprint density at radius 2 is 2.46 bits per heavy atom. The number of anilines is 1. The molecule has 0 aliphatic rings. The number of hydrogen-bond acceptors (Lipinski definition) is 4. The van der Waals surface area contributed by atoms with Gasteiger partial charge in [-0.3, -0.25) is 0 Å². The molecule has 0 saturated heterocycles. The van der Waals surface area contributed by atoms with E-state index in [1.54, 1.807) is 6.07 Å². The number of aromatic nitrogens is 1. The molecule has 4 heteroatoms. The molecule has 68 valence electrons. The average Bonchev–Trinajstić information content (AvgIpc) is 2.16. The standard InChI is InChI=1S/C9H11N3O/c1-2-3-13-9-8(11)4-7(5-10)6-12-9/h4,6H,2-3,11H2,1H3. The first-order valence-electron chi connectivity index (χ1n) is 4.06. The molecule has 0 bridgehead atoms. The zero-order chi connectivity index (χ0) is 9.68. The van der Waals surface area contributed by atoms with Crippen LogP contribution in [0, 0.1) is 11.3 Å². The molecule has 0 radical (unpaired) electrons. The van der Waals surface area contributed by atoms with Gasteiger partial charge in [-0.15, -0.1) is 0 Å². The monoisotopic (exact) mass is 177 g/mol. The van der Waals surface area contributed by atoms with Gasteiger partial charge in [0.05, 0.1) is 17.9 Å². The van der Waals surface area contributed by atoms with Gasteiger partial charge in [-0.2, -0.15) is 5.26 Å². The van der Waals surface area contributed by atoms with Crippen molar-refractivity contribution < 1.29 is 4.74 Å². The van der Waals surface area contributed by atoms with E-state index in [4.69, 9.17) is 15.7 Å². The van der Waals surface area contributed by atoms with Gasteiger partial charge in [-0.25, -0.2) is 4.98 Å². The largest absolute Gasteiger partial charge is 0.476 e. The van der Waals surface area contributed by atoms with Crippen LogP contribution in [0.5, 0.6) is 5.88 Å². The molecule has 0 spiro atoms. The van der Waals surface area contributed by atoms with E-state index in [0.29, 0.717) is 23.7 Å². The van der Waals surface area contributed by atoms with Crippen molar-refractivity contribution in [2.24, 2.45) is 0 Å². The lowest BCUT2D eigenvalue weighted by Gasteiger charge is -2.05. The van der Waals surface area contributed by atoms with Crippen LogP contribution in [0.25, 0.3) is 0 Å². The average molecular weight is 177 g/mol. The first-order chi connectivity index (χ1) is 6.27. The summed E-state index contributed by atoms with van der Waals surface area (Å²) in [6.45, 7) is 2.59. The Morgan fingerprint density at radius 1 is 1.69 bits per heavy atom. The predicted molar refractivity (Wildman–Crippen MR) is 49.2 cm³/mol. The zero-order valence-corrected chi connectivity index (χ0v) is 7.45. The highest BCUT2D eigenvalue weighted by Gasteiger charge is 2.02. The molecule has 2 N–H and O–H groups in total. The van der Waals surface area contributed by atoms with Crippen LogP contribution in [0.2, 0.25) is 0 Å². The molecule has 0 aliphatic heterocycles. The highest BCUT2D eigenvalue weighted by atomic mass is 16.5. The third-order valence-electron chi connectivity index (χ3n) is 1.45. The second-order valence-corrected chi connectivity index (χ2v) is 2.58. The van der Waals surface area contributed by atoms with E-state index < -0.39 is 0 Å². The van der Waals surface area contributed by atoms with E-state index in [1.165, 1.54) is 6.20 Å². The molecular formula is C9H11N3O. The second kappa shape index (κ2) is 4.31. The van der Waals surface area contributed by atoms with E-state index in [-0.39, 0.29) is 0 Å². The summed E-state index contributed by atoms with van der Waals surface area (Å²) in [6.07, 6.45) is 2.35. The second-order valence-electron chi connectivity index (χ2n) is 2.58. The summed E-state index contributed by atoms with van der Waals surface area (Å²) in [6, 6.07) is 3.51. The highest BCUT2D eigenvalue weighted by Crippen LogP contribution is 2.18. The minimum absolute atomic E-state index is 0.404. The van der Waals surface area contributed by atoms with Crippen molar-refractivity contribution in [1.29, 1.82) is 5.26 Å². The summed E-state index contributed by atoms with van der Waals surface area (Å²) in [5.74, 6) is 0.404. The van der Waals surface area contributed by atoms with Crippen LogP contribution in [0.3, 0.4) is 0 Å². The van der Waals surface area contributed by atoms with Crippen LogP contribution in [-0.2, 0) is 0 Å². The molecule has 0 amide bonds. The maximum atomic E-state index is 8.54. The Balaban J connectivity index is 2.81. The van der Waals surface area contributed by atoms with Crippen molar-refractivity contribution in [3.8, 4) is 11.9 Å². The predicted octanol–water partition coefficient (Wildman–Crippen LogP) is 1.32. The number of hydrogen-bond donors (Lipinski definition) is 1. The van der Waals surface area contributed by atoms with Gasteiger partial charge in [-0.1, -0.05) is 6.92 Å². The molecule has 0 fully saturated rings. The van der Waals surface area contributed by atoms with Crippen LogP contribution >= 0.6 is 0 Å². The van der Waals surface area contributed by atoms with Crippen molar-refractivity contribution in [2.45, 2.75) is 13.3 Å². The third-order valence-corrected chi connectivity index (χ3v) is 1.45. The van der Waals surface area contributed by atoms with Crippen LogP contribution in [0.15, 0.2) is 12.3 Å². The van der Waals surface area contributed by atoms with Gasteiger partial charge >= 0.3 is 0 Å². The SMILES string of the molecule is CCCOc1ncc(C#N)cc1N. The lowest BCUT2D eigenvalue weighted by molar-refractivity contribution is 0.307. The van der Waals surface area contributed by atoms with E-state index >= 15 is 0 Å². The highest BCUT2D eigenvalue weighted by molar-refractivity contribution is 5.51. The Kier molecular flexibility index (Phi) is 3.09. The summed E-state index contributed by atoms with van der Waals surface area (Å²) in [5, 5.41) is 8.54. The fourth-order valence-corrected chi connectivity index (χ4v) is 0.850.